The summed E-state index contributed by atoms with van der Waals surface area (Å²) >= 11 is 0. The van der Waals surface area contributed by atoms with Crippen LogP contribution in [-0.4, -0.2) is 25.9 Å². The molecule has 0 rings (SSSR count). The second-order valence-corrected chi connectivity index (χ2v) is 0.993. The lowest BCUT2D eigenvalue weighted by Gasteiger charge is -2.07. The topological polar surface area (TPSA) is 38.5 Å². The molecule has 3 heteroatoms. The van der Waals surface area contributed by atoms with Crippen molar-refractivity contribution in [2.24, 2.45) is 5.73 Å². The molecular weight excluding hydrogens is 80.0 g/mol. The van der Waals surface area contributed by atoms with Crippen molar-refractivity contribution in [1.29, 1.82) is 0 Å². The molecule has 0 aliphatic rings. The predicted molar refractivity (Wildman–Crippen MR) is 23.8 cm³/mol. The molecule has 0 aliphatic carbocycles. The first-order valence-corrected chi connectivity index (χ1v) is 1.76. The quantitative estimate of drug-likeness (QED) is 0.363. The van der Waals surface area contributed by atoms with Gasteiger partial charge in [-0.15, -0.1) is 0 Å². The normalized spacial score (nSPS) is 10.0. The van der Waals surface area contributed by atoms with Gasteiger partial charge < -0.3 is 10.6 Å². The Hall–Kier alpha value is -0.120. The first-order chi connectivity index (χ1) is 2.81. The van der Waals surface area contributed by atoms with Crippen molar-refractivity contribution in [3.8, 4) is 0 Å². The van der Waals surface area contributed by atoms with E-state index in [1.54, 1.807) is 14.2 Å². The summed E-state index contributed by atoms with van der Waals surface area (Å²) in [5.74, 6) is 0. The third-order valence-corrected chi connectivity index (χ3v) is 0.569. The molecule has 0 saturated carbocycles. The maximum atomic E-state index is 5.08. The Bertz CT molecular complexity index is 28.0. The molecule has 0 spiro atoms. The van der Waals surface area contributed by atoms with Crippen molar-refractivity contribution < 1.29 is 4.84 Å². The number of hydrogen-bond donors (Lipinski definition) is 1. The Morgan fingerprint density at radius 3 is 2.33 bits per heavy atom. The smallest absolute Gasteiger partial charge is 0.0703 e. The van der Waals surface area contributed by atoms with E-state index in [1.165, 1.54) is 5.06 Å². The minimum Gasteiger partial charge on any atom is -0.316 e. The Labute approximate surface area is 37.6 Å². The first kappa shape index (κ1) is 5.88. The number of hydrogen-bond acceptors (Lipinski definition) is 3. The molecule has 0 heterocycles. The van der Waals surface area contributed by atoms with Crippen LogP contribution in [0.15, 0.2) is 0 Å². The van der Waals surface area contributed by atoms with Gasteiger partial charge in [-0.2, -0.15) is 5.06 Å². The maximum absolute atomic E-state index is 5.08. The van der Waals surface area contributed by atoms with Crippen LogP contribution >= 0.6 is 0 Å². The van der Waals surface area contributed by atoms with Crippen LogP contribution in [-0.2, 0) is 4.84 Å². The highest BCUT2D eigenvalue weighted by molar-refractivity contribution is 4.15. The fraction of sp³-hybridized carbons (Fsp3) is 1.00. The van der Waals surface area contributed by atoms with Crippen LogP contribution in [0, 0.1) is 0 Å². The van der Waals surface area contributed by atoms with E-state index in [0.29, 0.717) is 6.67 Å². The number of hydroxylamine groups is 2. The van der Waals surface area contributed by atoms with Crippen LogP contribution in [0.4, 0.5) is 0 Å². The molecule has 0 radical (unpaired) electrons. The van der Waals surface area contributed by atoms with Gasteiger partial charge in [-0.3, -0.25) is 0 Å². The fourth-order valence-corrected chi connectivity index (χ4v) is 0.0745. The van der Waals surface area contributed by atoms with Gasteiger partial charge in [-0.1, -0.05) is 0 Å². The SMILES string of the molecule is CON(C)CN. The van der Waals surface area contributed by atoms with Crippen molar-refractivity contribution >= 4 is 0 Å². The van der Waals surface area contributed by atoms with Crippen LogP contribution in [0.25, 0.3) is 0 Å². The van der Waals surface area contributed by atoms with E-state index in [1.807, 2.05) is 0 Å². The van der Waals surface area contributed by atoms with Crippen LogP contribution in [0.1, 0.15) is 0 Å². The zero-order valence-electron chi connectivity index (χ0n) is 4.14. The minimum atomic E-state index is 0.441. The van der Waals surface area contributed by atoms with Crippen LogP contribution in [0.2, 0.25) is 0 Å². The van der Waals surface area contributed by atoms with Crippen molar-refractivity contribution in [2.75, 3.05) is 20.8 Å². The summed E-state index contributed by atoms with van der Waals surface area (Å²) in [6, 6.07) is 0. The number of rotatable bonds is 2. The van der Waals surface area contributed by atoms with Gasteiger partial charge in [0.2, 0.25) is 0 Å². The van der Waals surface area contributed by atoms with Gasteiger partial charge in [0.25, 0.3) is 0 Å². The summed E-state index contributed by atoms with van der Waals surface area (Å²) < 4.78 is 0. The highest BCUT2D eigenvalue weighted by Gasteiger charge is 1.81. The molecule has 0 aromatic carbocycles. The van der Waals surface area contributed by atoms with E-state index < -0.39 is 0 Å². The van der Waals surface area contributed by atoms with Gasteiger partial charge in [0, 0.05) is 7.05 Å². The van der Waals surface area contributed by atoms with Crippen LogP contribution < -0.4 is 5.73 Å². The van der Waals surface area contributed by atoms with Crippen molar-refractivity contribution in [1.82, 2.24) is 5.06 Å². The van der Waals surface area contributed by atoms with E-state index in [4.69, 9.17) is 5.73 Å². The standard InChI is InChI=1S/C3H10N2O/c1-5(3-4)6-2/h3-4H2,1-2H3. The molecule has 0 atom stereocenters. The zero-order chi connectivity index (χ0) is 4.99. The third-order valence-electron chi connectivity index (χ3n) is 0.569. The summed E-state index contributed by atoms with van der Waals surface area (Å²) in [5.41, 5.74) is 5.08. The van der Waals surface area contributed by atoms with E-state index >= 15 is 0 Å². The minimum absolute atomic E-state index is 0.441. The van der Waals surface area contributed by atoms with E-state index in [-0.39, 0.29) is 0 Å². The van der Waals surface area contributed by atoms with Gasteiger partial charge in [-0.05, 0) is 0 Å². The third kappa shape index (κ3) is 2.14. The average Bonchev–Trinajstić information content (AvgIpc) is 1.65. The Balaban J connectivity index is 2.75. The molecule has 0 aromatic rings. The van der Waals surface area contributed by atoms with Crippen molar-refractivity contribution in [3.63, 3.8) is 0 Å². The van der Waals surface area contributed by atoms with Gasteiger partial charge in [0.15, 0.2) is 0 Å². The Morgan fingerprint density at radius 2 is 2.33 bits per heavy atom. The number of nitrogens with two attached hydrogens (primary N) is 1. The Kier molecular flexibility index (Phi) is 3.02. The molecule has 0 aromatic heterocycles. The highest BCUT2D eigenvalue weighted by atomic mass is 16.7. The molecule has 0 saturated heterocycles. The molecular formula is C3H10N2O. The average molecular weight is 90.1 g/mol. The molecule has 0 unspecified atom stereocenters. The molecule has 3 nitrogen and oxygen atoms in total. The summed E-state index contributed by atoms with van der Waals surface area (Å²) in [6.45, 7) is 0.441. The molecule has 6 heavy (non-hydrogen) atoms. The lowest BCUT2D eigenvalue weighted by molar-refractivity contribution is -0.107. The first-order valence-electron chi connectivity index (χ1n) is 1.76. The van der Waals surface area contributed by atoms with E-state index in [0.717, 1.165) is 0 Å². The lowest BCUT2D eigenvalue weighted by Crippen LogP contribution is -2.23. The lowest BCUT2D eigenvalue weighted by atomic mass is 11.1. The van der Waals surface area contributed by atoms with Crippen LogP contribution in [0.5, 0.6) is 0 Å². The molecule has 2 N–H and O–H groups in total. The van der Waals surface area contributed by atoms with Crippen molar-refractivity contribution in [3.05, 3.63) is 0 Å². The van der Waals surface area contributed by atoms with Gasteiger partial charge in [-0.25, -0.2) is 0 Å². The van der Waals surface area contributed by atoms with Crippen molar-refractivity contribution in [2.45, 2.75) is 0 Å². The molecule has 0 fully saturated rings. The summed E-state index contributed by atoms with van der Waals surface area (Å²) in [7, 11) is 3.34. The van der Waals surface area contributed by atoms with Gasteiger partial charge in [0.05, 0.1) is 13.8 Å². The van der Waals surface area contributed by atoms with Gasteiger partial charge >= 0.3 is 0 Å². The summed E-state index contributed by atoms with van der Waals surface area (Å²) in [5, 5.41) is 1.53. The second kappa shape index (κ2) is 3.08. The van der Waals surface area contributed by atoms with Gasteiger partial charge in [0.1, 0.15) is 0 Å². The van der Waals surface area contributed by atoms with E-state index in [2.05, 4.69) is 4.84 Å². The maximum Gasteiger partial charge on any atom is 0.0703 e. The summed E-state index contributed by atoms with van der Waals surface area (Å²) in [4.78, 5) is 4.61. The number of nitrogens with zero attached hydrogens (tertiary/aromatic N) is 1. The largest absolute Gasteiger partial charge is 0.316 e. The summed E-state index contributed by atoms with van der Waals surface area (Å²) in [6.07, 6.45) is 0. The highest BCUT2D eigenvalue weighted by Crippen LogP contribution is 1.69. The fourth-order valence-electron chi connectivity index (χ4n) is 0.0745. The van der Waals surface area contributed by atoms with E-state index in [9.17, 15) is 0 Å². The molecule has 38 valence electrons. The Morgan fingerprint density at radius 1 is 1.83 bits per heavy atom. The monoisotopic (exact) mass is 90.1 g/mol. The van der Waals surface area contributed by atoms with Crippen LogP contribution in [0.3, 0.4) is 0 Å². The zero-order valence-corrected chi connectivity index (χ0v) is 4.14. The second-order valence-electron chi connectivity index (χ2n) is 0.993. The molecule has 0 bridgehead atoms. The molecule has 0 aliphatic heterocycles. The molecule has 0 amide bonds. The predicted octanol–water partition coefficient (Wildman–Crippen LogP) is -0.604.